The van der Waals surface area contributed by atoms with Gasteiger partial charge < -0.3 is 10.2 Å². The number of pyridine rings is 1. The number of aromatic nitrogens is 1. The third-order valence-corrected chi connectivity index (χ3v) is 3.20. The summed E-state index contributed by atoms with van der Waals surface area (Å²) in [6.07, 6.45) is 2.84. The summed E-state index contributed by atoms with van der Waals surface area (Å²) in [6.45, 7) is 4.40. The second-order valence-corrected chi connectivity index (χ2v) is 4.49. The maximum absolute atomic E-state index is 11.6. The highest BCUT2D eigenvalue weighted by Crippen LogP contribution is 2.07. The molecule has 0 aliphatic carbocycles. The fraction of sp³-hybridized carbons (Fsp3) is 0.538. The van der Waals surface area contributed by atoms with Crippen molar-refractivity contribution in [2.24, 2.45) is 0 Å². The molecule has 1 fully saturated rings. The lowest BCUT2D eigenvalue weighted by molar-refractivity contribution is 0.200. The van der Waals surface area contributed by atoms with Gasteiger partial charge in [0.05, 0.1) is 5.69 Å². The first-order chi connectivity index (χ1) is 8.79. The van der Waals surface area contributed by atoms with E-state index in [1.807, 2.05) is 29.3 Å². The summed E-state index contributed by atoms with van der Waals surface area (Å²) >= 11 is 0. The number of nitrogens with zero attached hydrogens (tertiary/aromatic N) is 3. The van der Waals surface area contributed by atoms with Gasteiger partial charge in [0.1, 0.15) is 0 Å². The predicted octanol–water partition coefficient (Wildman–Crippen LogP) is 0.929. The van der Waals surface area contributed by atoms with Gasteiger partial charge in [-0.25, -0.2) is 4.79 Å². The fourth-order valence-corrected chi connectivity index (χ4v) is 2.21. The Bertz CT molecular complexity index is 382. The summed E-state index contributed by atoms with van der Waals surface area (Å²) in [4.78, 5) is 20.1. The van der Waals surface area contributed by atoms with Crippen LogP contribution in [0.2, 0.25) is 0 Å². The first kappa shape index (κ1) is 12.8. The topological polar surface area (TPSA) is 48.5 Å². The van der Waals surface area contributed by atoms with Crippen molar-refractivity contribution in [2.75, 3.05) is 33.2 Å². The average Bonchev–Trinajstić information content (AvgIpc) is 2.65. The largest absolute Gasteiger partial charge is 0.341 e. The molecule has 0 spiro atoms. The van der Waals surface area contributed by atoms with E-state index in [0.717, 1.165) is 44.8 Å². The number of hydrogen-bond donors (Lipinski definition) is 1. The van der Waals surface area contributed by atoms with Gasteiger partial charge in [-0.2, -0.15) is 0 Å². The molecule has 5 nitrogen and oxygen atoms in total. The number of nitrogens with one attached hydrogen (secondary N) is 1. The van der Waals surface area contributed by atoms with Crippen LogP contribution in [-0.4, -0.2) is 54.0 Å². The fourth-order valence-electron chi connectivity index (χ4n) is 2.21. The molecule has 1 N–H and O–H groups in total. The van der Waals surface area contributed by atoms with Crippen molar-refractivity contribution in [1.29, 1.82) is 0 Å². The highest BCUT2D eigenvalue weighted by atomic mass is 16.2. The molecule has 2 heterocycles. The zero-order valence-electron chi connectivity index (χ0n) is 10.8. The Morgan fingerprint density at radius 2 is 2.22 bits per heavy atom. The van der Waals surface area contributed by atoms with Gasteiger partial charge in [0.2, 0.25) is 0 Å². The lowest BCUT2D eigenvalue weighted by Gasteiger charge is -2.21. The molecular weight excluding hydrogens is 228 g/mol. The van der Waals surface area contributed by atoms with Crippen LogP contribution in [0.3, 0.4) is 0 Å². The Hall–Kier alpha value is -1.62. The van der Waals surface area contributed by atoms with Gasteiger partial charge in [-0.15, -0.1) is 0 Å². The maximum Gasteiger partial charge on any atom is 0.317 e. The van der Waals surface area contributed by atoms with Gasteiger partial charge in [0.25, 0.3) is 0 Å². The Morgan fingerprint density at radius 3 is 2.94 bits per heavy atom. The highest BCUT2D eigenvalue weighted by Gasteiger charge is 2.18. The van der Waals surface area contributed by atoms with Crippen molar-refractivity contribution in [2.45, 2.75) is 13.0 Å². The molecule has 98 valence electrons. The van der Waals surface area contributed by atoms with Gasteiger partial charge in [-0.3, -0.25) is 9.88 Å². The SMILES string of the molecule is CNC(=O)N1CCCN(Cc2ccccn2)CC1. The van der Waals surface area contributed by atoms with Crippen molar-refractivity contribution < 1.29 is 4.79 Å². The molecule has 0 saturated carbocycles. The van der Waals surface area contributed by atoms with Crippen LogP contribution < -0.4 is 5.32 Å². The summed E-state index contributed by atoms with van der Waals surface area (Å²) in [7, 11) is 1.68. The summed E-state index contributed by atoms with van der Waals surface area (Å²) in [5.41, 5.74) is 1.09. The van der Waals surface area contributed by atoms with E-state index < -0.39 is 0 Å². The molecule has 0 bridgehead atoms. The van der Waals surface area contributed by atoms with Gasteiger partial charge in [0.15, 0.2) is 0 Å². The highest BCUT2D eigenvalue weighted by molar-refractivity contribution is 5.73. The minimum absolute atomic E-state index is 0.0229. The van der Waals surface area contributed by atoms with Gasteiger partial charge >= 0.3 is 6.03 Å². The van der Waals surface area contributed by atoms with Gasteiger partial charge in [-0.05, 0) is 18.6 Å². The monoisotopic (exact) mass is 248 g/mol. The molecule has 1 aromatic rings. The Morgan fingerprint density at radius 1 is 1.33 bits per heavy atom. The molecule has 1 aliphatic rings. The summed E-state index contributed by atoms with van der Waals surface area (Å²) < 4.78 is 0. The van der Waals surface area contributed by atoms with Crippen molar-refractivity contribution >= 4 is 6.03 Å². The van der Waals surface area contributed by atoms with E-state index in [-0.39, 0.29) is 6.03 Å². The molecule has 1 aliphatic heterocycles. The zero-order valence-corrected chi connectivity index (χ0v) is 10.8. The second kappa shape index (κ2) is 6.35. The van der Waals surface area contributed by atoms with Crippen LogP contribution in [0.5, 0.6) is 0 Å². The van der Waals surface area contributed by atoms with Gasteiger partial charge in [-0.1, -0.05) is 6.07 Å². The second-order valence-electron chi connectivity index (χ2n) is 4.49. The van der Waals surface area contributed by atoms with Crippen molar-refractivity contribution in [3.8, 4) is 0 Å². The summed E-state index contributed by atoms with van der Waals surface area (Å²) in [5.74, 6) is 0. The Kier molecular flexibility index (Phi) is 4.52. The minimum atomic E-state index is 0.0229. The van der Waals surface area contributed by atoms with Crippen LogP contribution in [-0.2, 0) is 6.54 Å². The lowest BCUT2D eigenvalue weighted by atomic mass is 10.3. The Balaban J connectivity index is 1.87. The van der Waals surface area contributed by atoms with Gasteiger partial charge in [0, 0.05) is 46.0 Å². The molecule has 0 aromatic carbocycles. The van der Waals surface area contributed by atoms with Crippen LogP contribution in [0, 0.1) is 0 Å². The third-order valence-electron chi connectivity index (χ3n) is 3.20. The van der Waals surface area contributed by atoms with Crippen molar-refractivity contribution in [3.05, 3.63) is 30.1 Å². The molecule has 0 unspecified atom stereocenters. The molecule has 1 saturated heterocycles. The number of rotatable bonds is 2. The summed E-state index contributed by atoms with van der Waals surface area (Å²) in [6, 6.07) is 6.01. The molecule has 2 amide bonds. The molecule has 1 aromatic heterocycles. The number of hydrogen-bond acceptors (Lipinski definition) is 3. The van der Waals surface area contributed by atoms with Crippen molar-refractivity contribution in [1.82, 2.24) is 20.1 Å². The number of urea groups is 1. The van der Waals surface area contributed by atoms with Crippen LogP contribution >= 0.6 is 0 Å². The number of carbonyl (C=O) groups excluding carboxylic acids is 1. The molecule has 5 heteroatoms. The molecule has 0 radical (unpaired) electrons. The standard InChI is InChI=1S/C13H20N4O/c1-14-13(18)17-8-4-7-16(9-10-17)11-12-5-2-3-6-15-12/h2-3,5-6H,4,7-11H2,1H3,(H,14,18). The smallest absolute Gasteiger partial charge is 0.317 e. The number of carbonyl (C=O) groups is 1. The van der Waals surface area contributed by atoms with Crippen LogP contribution in [0.4, 0.5) is 4.79 Å². The molecule has 2 rings (SSSR count). The van der Waals surface area contributed by atoms with Crippen molar-refractivity contribution in [3.63, 3.8) is 0 Å². The molecule has 18 heavy (non-hydrogen) atoms. The van der Waals surface area contributed by atoms with Crippen LogP contribution in [0.15, 0.2) is 24.4 Å². The Labute approximate surface area is 108 Å². The number of amides is 2. The van der Waals surface area contributed by atoms with E-state index in [1.54, 1.807) is 7.05 Å². The first-order valence-electron chi connectivity index (χ1n) is 6.38. The quantitative estimate of drug-likeness (QED) is 0.847. The predicted molar refractivity (Wildman–Crippen MR) is 70.2 cm³/mol. The van der Waals surface area contributed by atoms with E-state index in [1.165, 1.54) is 0 Å². The lowest BCUT2D eigenvalue weighted by Crippen LogP contribution is -2.40. The first-order valence-corrected chi connectivity index (χ1v) is 6.38. The van der Waals surface area contributed by atoms with E-state index in [0.29, 0.717) is 0 Å². The minimum Gasteiger partial charge on any atom is -0.341 e. The van der Waals surface area contributed by atoms with E-state index in [4.69, 9.17) is 0 Å². The summed E-state index contributed by atoms with van der Waals surface area (Å²) in [5, 5.41) is 2.68. The normalized spacial score (nSPS) is 17.3. The molecular formula is C13H20N4O. The van der Waals surface area contributed by atoms with E-state index in [2.05, 4.69) is 15.2 Å². The maximum atomic E-state index is 11.6. The van der Waals surface area contributed by atoms with Crippen LogP contribution in [0.1, 0.15) is 12.1 Å². The van der Waals surface area contributed by atoms with Crippen LogP contribution in [0.25, 0.3) is 0 Å². The average molecular weight is 248 g/mol. The third kappa shape index (κ3) is 3.43. The van der Waals surface area contributed by atoms with E-state index >= 15 is 0 Å². The molecule has 0 atom stereocenters. The van der Waals surface area contributed by atoms with E-state index in [9.17, 15) is 4.79 Å². The zero-order chi connectivity index (χ0) is 12.8.